The van der Waals surface area contributed by atoms with Gasteiger partial charge in [0.2, 0.25) is 0 Å². The summed E-state index contributed by atoms with van der Waals surface area (Å²) in [5, 5.41) is 0. The summed E-state index contributed by atoms with van der Waals surface area (Å²) in [5.41, 5.74) is 11.0. The van der Waals surface area contributed by atoms with Crippen LogP contribution in [-0.2, 0) is 0 Å². The summed E-state index contributed by atoms with van der Waals surface area (Å²) < 4.78 is 0. The summed E-state index contributed by atoms with van der Waals surface area (Å²) in [4.78, 5) is 2.23. The van der Waals surface area contributed by atoms with E-state index in [0.29, 0.717) is 12.6 Å². The van der Waals surface area contributed by atoms with Crippen LogP contribution in [0.2, 0.25) is 0 Å². The van der Waals surface area contributed by atoms with Gasteiger partial charge in [-0.1, -0.05) is 12.2 Å². The minimum Gasteiger partial charge on any atom is -0.370 e. The van der Waals surface area contributed by atoms with Gasteiger partial charge >= 0.3 is 0 Å². The van der Waals surface area contributed by atoms with Crippen molar-refractivity contribution in [3.8, 4) is 0 Å². The lowest BCUT2D eigenvalue weighted by atomic mass is 10.1. The molecule has 0 fully saturated rings. The Morgan fingerprint density at radius 3 is 2.67 bits per heavy atom. The number of rotatable bonds is 4. The second-order valence-corrected chi connectivity index (χ2v) is 2.90. The van der Waals surface area contributed by atoms with E-state index in [4.69, 9.17) is 11.5 Å². The van der Waals surface area contributed by atoms with Crippen molar-refractivity contribution >= 4 is 0 Å². The molecule has 1 unspecified atom stereocenters. The Morgan fingerprint density at radius 2 is 2.00 bits per heavy atom. The van der Waals surface area contributed by atoms with Gasteiger partial charge in [0.05, 0.1) is 0 Å². The zero-order chi connectivity index (χ0) is 8.81. The SMILES string of the molecule is NCCC1C=CC=CN1CCN. The third-order valence-corrected chi connectivity index (χ3v) is 2.00. The number of hydrogen-bond acceptors (Lipinski definition) is 3. The van der Waals surface area contributed by atoms with Crippen LogP contribution >= 0.6 is 0 Å². The van der Waals surface area contributed by atoms with Gasteiger partial charge in [-0.25, -0.2) is 0 Å². The summed E-state index contributed by atoms with van der Waals surface area (Å²) >= 11 is 0. The van der Waals surface area contributed by atoms with Crippen LogP contribution in [0, 0.1) is 0 Å². The molecular weight excluding hydrogens is 150 g/mol. The molecule has 1 aliphatic rings. The predicted octanol–water partition coefficient (Wildman–Crippen LogP) is 0.0480. The number of allylic oxidation sites excluding steroid dienone is 2. The van der Waals surface area contributed by atoms with Crippen LogP contribution in [0.25, 0.3) is 0 Å². The van der Waals surface area contributed by atoms with Gasteiger partial charge < -0.3 is 16.4 Å². The molecule has 0 saturated carbocycles. The van der Waals surface area contributed by atoms with Crippen LogP contribution in [0.1, 0.15) is 6.42 Å². The Morgan fingerprint density at radius 1 is 1.17 bits per heavy atom. The quantitative estimate of drug-likeness (QED) is 0.622. The first kappa shape index (κ1) is 9.29. The lowest BCUT2D eigenvalue weighted by molar-refractivity contribution is 0.312. The van der Waals surface area contributed by atoms with Crippen LogP contribution in [-0.4, -0.2) is 30.6 Å². The highest BCUT2D eigenvalue weighted by molar-refractivity contribution is 5.13. The van der Waals surface area contributed by atoms with Crippen LogP contribution in [0.3, 0.4) is 0 Å². The molecule has 4 N–H and O–H groups in total. The number of nitrogens with two attached hydrogens (primary N) is 2. The molecule has 12 heavy (non-hydrogen) atoms. The number of nitrogens with zero attached hydrogens (tertiary/aromatic N) is 1. The Bertz CT molecular complexity index is 155. The molecule has 0 spiro atoms. The highest BCUT2D eigenvalue weighted by Crippen LogP contribution is 2.09. The van der Waals surface area contributed by atoms with Gasteiger partial charge in [-0.2, -0.15) is 0 Å². The molecule has 1 heterocycles. The van der Waals surface area contributed by atoms with Gasteiger partial charge in [0, 0.05) is 19.1 Å². The molecule has 0 amide bonds. The molecule has 3 nitrogen and oxygen atoms in total. The third-order valence-electron chi connectivity index (χ3n) is 2.00. The molecule has 0 bridgehead atoms. The lowest BCUT2D eigenvalue weighted by Crippen LogP contribution is -2.35. The summed E-state index contributed by atoms with van der Waals surface area (Å²) in [5.74, 6) is 0. The molecule has 68 valence electrons. The Labute approximate surface area is 73.7 Å². The minimum absolute atomic E-state index is 0.448. The maximum absolute atomic E-state index is 5.50. The minimum atomic E-state index is 0.448. The standard InChI is InChI=1S/C9H17N3/c10-5-4-9-3-1-2-7-12(9)8-6-11/h1-3,7,9H,4-6,8,10-11H2. The van der Waals surface area contributed by atoms with Gasteiger partial charge in [-0.3, -0.25) is 0 Å². The van der Waals surface area contributed by atoms with E-state index < -0.39 is 0 Å². The van der Waals surface area contributed by atoms with Crippen molar-refractivity contribution in [2.75, 3.05) is 19.6 Å². The molecule has 3 heteroatoms. The molecule has 0 radical (unpaired) electrons. The van der Waals surface area contributed by atoms with Crippen molar-refractivity contribution in [3.63, 3.8) is 0 Å². The largest absolute Gasteiger partial charge is 0.370 e. The van der Waals surface area contributed by atoms with Gasteiger partial charge in [0.25, 0.3) is 0 Å². The Balaban J connectivity index is 2.45. The van der Waals surface area contributed by atoms with Crippen molar-refractivity contribution < 1.29 is 0 Å². The predicted molar refractivity (Wildman–Crippen MR) is 51.5 cm³/mol. The van der Waals surface area contributed by atoms with Gasteiger partial charge in [-0.05, 0) is 25.2 Å². The van der Waals surface area contributed by atoms with E-state index in [1.165, 1.54) is 0 Å². The van der Waals surface area contributed by atoms with E-state index in [-0.39, 0.29) is 0 Å². The van der Waals surface area contributed by atoms with Crippen LogP contribution < -0.4 is 11.5 Å². The molecule has 0 aromatic heterocycles. The van der Waals surface area contributed by atoms with Crippen molar-refractivity contribution in [3.05, 3.63) is 24.4 Å². The first-order valence-corrected chi connectivity index (χ1v) is 4.39. The summed E-state index contributed by atoms with van der Waals surface area (Å²) in [6, 6.07) is 0.448. The molecule has 0 aliphatic carbocycles. The number of hydrogen-bond donors (Lipinski definition) is 2. The fraction of sp³-hybridized carbons (Fsp3) is 0.556. The van der Waals surface area contributed by atoms with Crippen molar-refractivity contribution in [2.45, 2.75) is 12.5 Å². The Hall–Kier alpha value is -0.800. The summed E-state index contributed by atoms with van der Waals surface area (Å²) in [7, 11) is 0. The molecule has 0 aromatic carbocycles. The van der Waals surface area contributed by atoms with Crippen LogP contribution in [0.4, 0.5) is 0 Å². The third kappa shape index (κ3) is 2.36. The lowest BCUT2D eigenvalue weighted by Gasteiger charge is -2.29. The zero-order valence-electron chi connectivity index (χ0n) is 7.32. The van der Waals surface area contributed by atoms with Crippen LogP contribution in [0.15, 0.2) is 24.4 Å². The van der Waals surface area contributed by atoms with E-state index in [2.05, 4.69) is 23.3 Å². The molecule has 0 saturated heterocycles. The van der Waals surface area contributed by atoms with Crippen molar-refractivity contribution in [1.82, 2.24) is 4.90 Å². The molecule has 1 aliphatic heterocycles. The van der Waals surface area contributed by atoms with E-state index in [0.717, 1.165) is 19.5 Å². The molecule has 1 rings (SSSR count). The van der Waals surface area contributed by atoms with Crippen molar-refractivity contribution in [1.29, 1.82) is 0 Å². The van der Waals surface area contributed by atoms with Gasteiger partial charge in [0.1, 0.15) is 0 Å². The van der Waals surface area contributed by atoms with Crippen LogP contribution in [0.5, 0.6) is 0 Å². The topological polar surface area (TPSA) is 55.3 Å². The molecular formula is C9H17N3. The van der Waals surface area contributed by atoms with E-state index >= 15 is 0 Å². The smallest absolute Gasteiger partial charge is 0.0483 e. The van der Waals surface area contributed by atoms with E-state index in [1.807, 2.05) is 6.08 Å². The highest BCUT2D eigenvalue weighted by Gasteiger charge is 2.11. The fourth-order valence-corrected chi connectivity index (χ4v) is 1.40. The second kappa shape index (κ2) is 4.95. The summed E-state index contributed by atoms with van der Waals surface area (Å²) in [6.45, 7) is 2.33. The zero-order valence-corrected chi connectivity index (χ0v) is 7.32. The monoisotopic (exact) mass is 167 g/mol. The molecule has 1 atom stereocenters. The van der Waals surface area contributed by atoms with Gasteiger partial charge in [0.15, 0.2) is 0 Å². The summed E-state index contributed by atoms with van der Waals surface area (Å²) in [6.07, 6.45) is 9.34. The maximum atomic E-state index is 5.50. The Kier molecular flexibility index (Phi) is 3.84. The highest BCUT2D eigenvalue weighted by atomic mass is 15.1. The fourth-order valence-electron chi connectivity index (χ4n) is 1.40. The maximum Gasteiger partial charge on any atom is 0.0483 e. The first-order valence-electron chi connectivity index (χ1n) is 4.39. The van der Waals surface area contributed by atoms with Crippen molar-refractivity contribution in [2.24, 2.45) is 11.5 Å². The second-order valence-electron chi connectivity index (χ2n) is 2.90. The normalized spacial score (nSPS) is 21.8. The van der Waals surface area contributed by atoms with Gasteiger partial charge in [-0.15, -0.1) is 0 Å². The van der Waals surface area contributed by atoms with E-state index in [9.17, 15) is 0 Å². The van der Waals surface area contributed by atoms with E-state index in [1.54, 1.807) is 0 Å². The average molecular weight is 167 g/mol. The average Bonchev–Trinajstić information content (AvgIpc) is 2.09. The first-order chi connectivity index (χ1) is 5.88. The molecule has 0 aromatic rings.